The molecular weight excluding hydrogens is 358 g/mol. The largest absolute Gasteiger partial charge is 0.444 e. The fourth-order valence-corrected chi connectivity index (χ4v) is 2.89. The fraction of sp³-hybridized carbons (Fsp3) is 0.350. The second-order valence-corrected chi connectivity index (χ2v) is 7.49. The van der Waals surface area contributed by atoms with E-state index in [1.165, 1.54) is 6.33 Å². The van der Waals surface area contributed by atoms with Gasteiger partial charge in [0.2, 0.25) is 0 Å². The fourth-order valence-electron chi connectivity index (χ4n) is 2.89. The molecule has 2 heterocycles. The predicted octanol–water partition coefficient (Wildman–Crippen LogP) is 3.53. The lowest BCUT2D eigenvalue weighted by Crippen LogP contribution is -2.27. The smallest absolute Gasteiger partial charge is 0.412 e. The second kappa shape index (κ2) is 7.85. The molecule has 8 nitrogen and oxygen atoms in total. The number of ether oxygens (including phenoxy) is 1. The lowest BCUT2D eigenvalue weighted by Gasteiger charge is -2.19. The molecule has 28 heavy (non-hydrogen) atoms. The molecule has 0 radical (unpaired) electrons. The average molecular weight is 383 g/mol. The SMILES string of the molecule is Cc1c(NC(=O)OC(C)(C)C)cn2ncnc(N[C@H](CO)c3ccccc3)c12. The monoisotopic (exact) mass is 383 g/mol. The van der Waals surface area contributed by atoms with Crippen LogP contribution in [0.25, 0.3) is 5.52 Å². The molecule has 0 saturated carbocycles. The van der Waals surface area contributed by atoms with Gasteiger partial charge in [0.1, 0.15) is 17.4 Å². The maximum absolute atomic E-state index is 12.1. The average Bonchev–Trinajstić information content (AvgIpc) is 2.95. The van der Waals surface area contributed by atoms with Crippen molar-refractivity contribution in [1.82, 2.24) is 14.6 Å². The van der Waals surface area contributed by atoms with Gasteiger partial charge in [-0.15, -0.1) is 0 Å². The van der Waals surface area contributed by atoms with Crippen LogP contribution in [0.15, 0.2) is 42.9 Å². The van der Waals surface area contributed by atoms with E-state index in [0.29, 0.717) is 17.0 Å². The Bertz CT molecular complexity index is 963. The van der Waals surface area contributed by atoms with Crippen LogP contribution in [-0.4, -0.2) is 38.0 Å². The van der Waals surface area contributed by atoms with Gasteiger partial charge in [0.15, 0.2) is 5.82 Å². The Hall–Kier alpha value is -3.13. The maximum atomic E-state index is 12.1. The Labute approximate surface area is 163 Å². The molecule has 0 fully saturated rings. The lowest BCUT2D eigenvalue weighted by molar-refractivity contribution is 0.0636. The van der Waals surface area contributed by atoms with Crippen molar-refractivity contribution in [3.05, 3.63) is 54.0 Å². The van der Waals surface area contributed by atoms with Crippen molar-refractivity contribution >= 4 is 23.1 Å². The Morgan fingerprint density at radius 3 is 2.64 bits per heavy atom. The van der Waals surface area contributed by atoms with Crippen LogP contribution >= 0.6 is 0 Å². The lowest BCUT2D eigenvalue weighted by atomic mass is 10.1. The van der Waals surface area contributed by atoms with Gasteiger partial charge in [0.05, 0.1) is 24.5 Å². The molecule has 1 atom stereocenters. The third-order valence-corrected chi connectivity index (χ3v) is 4.16. The molecule has 3 aromatic rings. The van der Waals surface area contributed by atoms with E-state index >= 15 is 0 Å². The van der Waals surface area contributed by atoms with Crippen LogP contribution in [0.1, 0.15) is 37.9 Å². The number of aliphatic hydroxyl groups is 1. The number of benzene rings is 1. The van der Waals surface area contributed by atoms with Crippen molar-refractivity contribution < 1.29 is 14.6 Å². The summed E-state index contributed by atoms with van der Waals surface area (Å²) in [5.41, 5.74) is 2.44. The molecule has 2 aromatic heterocycles. The number of rotatable bonds is 5. The molecule has 3 N–H and O–H groups in total. The number of aliphatic hydroxyl groups excluding tert-OH is 1. The summed E-state index contributed by atoms with van der Waals surface area (Å²) in [5, 5.41) is 20.1. The van der Waals surface area contributed by atoms with Gasteiger partial charge in [-0.25, -0.2) is 14.3 Å². The van der Waals surface area contributed by atoms with Crippen molar-refractivity contribution in [1.29, 1.82) is 0 Å². The van der Waals surface area contributed by atoms with Crippen LogP contribution in [0.3, 0.4) is 0 Å². The van der Waals surface area contributed by atoms with E-state index in [1.807, 2.05) is 58.0 Å². The van der Waals surface area contributed by atoms with E-state index in [-0.39, 0.29) is 12.6 Å². The number of nitrogens with one attached hydrogen (secondary N) is 2. The molecule has 148 valence electrons. The first-order chi connectivity index (χ1) is 13.3. The van der Waals surface area contributed by atoms with Crippen molar-refractivity contribution in [2.75, 3.05) is 17.2 Å². The third-order valence-electron chi connectivity index (χ3n) is 4.16. The number of carbonyl (C=O) groups is 1. The van der Waals surface area contributed by atoms with Crippen LogP contribution in [0.2, 0.25) is 0 Å². The molecule has 1 amide bonds. The summed E-state index contributed by atoms with van der Waals surface area (Å²) in [4.78, 5) is 16.5. The molecule has 1 aromatic carbocycles. The van der Waals surface area contributed by atoms with Gasteiger partial charge in [-0.2, -0.15) is 5.10 Å². The first-order valence-corrected chi connectivity index (χ1v) is 9.04. The summed E-state index contributed by atoms with van der Waals surface area (Å²) in [5.74, 6) is 0.563. The Kier molecular flexibility index (Phi) is 5.51. The summed E-state index contributed by atoms with van der Waals surface area (Å²) < 4.78 is 6.95. The molecule has 0 saturated heterocycles. The number of aryl methyl sites for hydroxylation is 1. The van der Waals surface area contributed by atoms with Gasteiger partial charge < -0.3 is 15.2 Å². The van der Waals surface area contributed by atoms with Gasteiger partial charge in [0, 0.05) is 5.56 Å². The van der Waals surface area contributed by atoms with Gasteiger partial charge >= 0.3 is 6.09 Å². The van der Waals surface area contributed by atoms with Gasteiger partial charge in [0.25, 0.3) is 0 Å². The molecule has 0 aliphatic heterocycles. The van der Waals surface area contributed by atoms with Gasteiger partial charge in [-0.3, -0.25) is 5.32 Å². The summed E-state index contributed by atoms with van der Waals surface area (Å²) in [6.45, 7) is 7.20. The number of nitrogens with zero attached hydrogens (tertiary/aromatic N) is 3. The highest BCUT2D eigenvalue weighted by molar-refractivity contribution is 5.90. The molecule has 8 heteroatoms. The summed E-state index contributed by atoms with van der Waals surface area (Å²) >= 11 is 0. The number of carbonyl (C=O) groups excluding carboxylic acids is 1. The normalized spacial score (nSPS) is 12.6. The number of hydrogen-bond acceptors (Lipinski definition) is 6. The van der Waals surface area contributed by atoms with Gasteiger partial charge in [-0.05, 0) is 33.3 Å². The van der Waals surface area contributed by atoms with Crippen LogP contribution in [0.5, 0.6) is 0 Å². The second-order valence-electron chi connectivity index (χ2n) is 7.49. The minimum atomic E-state index is -0.590. The van der Waals surface area contributed by atoms with E-state index in [9.17, 15) is 9.90 Å². The first-order valence-electron chi connectivity index (χ1n) is 9.04. The minimum absolute atomic E-state index is 0.0943. The van der Waals surface area contributed by atoms with E-state index < -0.39 is 11.7 Å². The van der Waals surface area contributed by atoms with Crippen molar-refractivity contribution in [3.8, 4) is 0 Å². The number of hydrogen-bond donors (Lipinski definition) is 3. The summed E-state index contributed by atoms with van der Waals surface area (Å²) in [6.07, 6.45) is 2.59. The van der Waals surface area contributed by atoms with E-state index in [0.717, 1.165) is 11.1 Å². The predicted molar refractivity (Wildman–Crippen MR) is 107 cm³/mol. The highest BCUT2D eigenvalue weighted by Gasteiger charge is 2.20. The van der Waals surface area contributed by atoms with Crippen molar-refractivity contribution in [2.24, 2.45) is 0 Å². The van der Waals surface area contributed by atoms with Gasteiger partial charge in [-0.1, -0.05) is 30.3 Å². The highest BCUT2D eigenvalue weighted by atomic mass is 16.6. The molecular formula is C20H25N5O3. The van der Waals surface area contributed by atoms with Crippen LogP contribution in [-0.2, 0) is 4.74 Å². The van der Waals surface area contributed by atoms with Crippen molar-refractivity contribution in [2.45, 2.75) is 39.3 Å². The van der Waals surface area contributed by atoms with Crippen LogP contribution in [0.4, 0.5) is 16.3 Å². The number of amides is 1. The quantitative estimate of drug-likeness (QED) is 0.623. The van der Waals surface area contributed by atoms with Crippen molar-refractivity contribution in [3.63, 3.8) is 0 Å². The summed E-state index contributed by atoms with van der Waals surface area (Å²) in [7, 11) is 0. The summed E-state index contributed by atoms with van der Waals surface area (Å²) in [6, 6.07) is 9.31. The topological polar surface area (TPSA) is 101 Å². The van der Waals surface area contributed by atoms with Crippen LogP contribution in [0, 0.1) is 6.92 Å². The van der Waals surface area contributed by atoms with Crippen LogP contribution < -0.4 is 10.6 Å². The molecule has 0 unspecified atom stereocenters. The third kappa shape index (κ3) is 4.40. The minimum Gasteiger partial charge on any atom is -0.444 e. The maximum Gasteiger partial charge on any atom is 0.412 e. The standard InChI is InChI=1S/C20H25N5O3/c1-13-15(24-19(27)28-20(2,3)4)10-25-17(13)18(21-12-22-25)23-16(11-26)14-8-6-5-7-9-14/h5-10,12,16,26H,11H2,1-4H3,(H,24,27)(H,21,22,23)/t16-/m1/s1. The Balaban J connectivity index is 1.90. The Morgan fingerprint density at radius 1 is 1.29 bits per heavy atom. The zero-order chi connectivity index (χ0) is 20.3. The molecule has 0 bridgehead atoms. The number of anilines is 2. The highest BCUT2D eigenvalue weighted by Crippen LogP contribution is 2.29. The van der Waals surface area contributed by atoms with E-state index in [1.54, 1.807) is 10.7 Å². The van der Waals surface area contributed by atoms with E-state index in [4.69, 9.17) is 4.74 Å². The number of aromatic nitrogens is 3. The molecule has 3 rings (SSSR count). The number of fused-ring (bicyclic) bond motifs is 1. The van der Waals surface area contributed by atoms with E-state index in [2.05, 4.69) is 20.7 Å². The zero-order valence-corrected chi connectivity index (χ0v) is 16.4. The molecule has 0 aliphatic carbocycles. The molecule has 0 aliphatic rings. The Morgan fingerprint density at radius 2 is 2.00 bits per heavy atom. The first kappa shape index (κ1) is 19.6. The zero-order valence-electron chi connectivity index (χ0n) is 16.4. The molecule has 0 spiro atoms.